The van der Waals surface area contributed by atoms with Gasteiger partial charge in [0.25, 0.3) is 5.91 Å². The number of benzene rings is 1. The standard InChI is InChI=1S/C17H19N3O3/c1-18(14-6-3-2-4-7-14)17(22)20-11-9-19(10-12-20)16(21)15-8-5-13-23-15/h2-8,13H,9-12H2,1H3. The molecule has 0 saturated carbocycles. The molecule has 0 aliphatic carbocycles. The molecule has 2 aromatic rings. The maximum atomic E-state index is 12.5. The summed E-state index contributed by atoms with van der Waals surface area (Å²) in [6.45, 7) is 2.05. The zero-order chi connectivity index (χ0) is 16.2. The van der Waals surface area contributed by atoms with Crippen LogP contribution in [0.2, 0.25) is 0 Å². The van der Waals surface area contributed by atoms with Crippen LogP contribution in [0, 0.1) is 0 Å². The summed E-state index contributed by atoms with van der Waals surface area (Å²) in [6.07, 6.45) is 1.49. The van der Waals surface area contributed by atoms with Crippen molar-refractivity contribution < 1.29 is 14.0 Å². The van der Waals surface area contributed by atoms with Gasteiger partial charge in [-0.25, -0.2) is 4.79 Å². The number of furan rings is 1. The number of anilines is 1. The molecule has 120 valence electrons. The summed E-state index contributed by atoms with van der Waals surface area (Å²) in [5.74, 6) is 0.213. The summed E-state index contributed by atoms with van der Waals surface area (Å²) in [5, 5.41) is 0. The van der Waals surface area contributed by atoms with E-state index in [2.05, 4.69) is 0 Å². The second-order valence-corrected chi connectivity index (χ2v) is 5.43. The topological polar surface area (TPSA) is 57.0 Å². The Labute approximate surface area is 134 Å². The Hall–Kier alpha value is -2.76. The minimum Gasteiger partial charge on any atom is -0.459 e. The number of para-hydroxylation sites is 1. The van der Waals surface area contributed by atoms with Crippen LogP contribution in [0.25, 0.3) is 0 Å². The number of hydrogen-bond acceptors (Lipinski definition) is 3. The van der Waals surface area contributed by atoms with Gasteiger partial charge in [0.1, 0.15) is 0 Å². The molecule has 23 heavy (non-hydrogen) atoms. The first-order valence-electron chi connectivity index (χ1n) is 7.57. The monoisotopic (exact) mass is 313 g/mol. The zero-order valence-corrected chi connectivity index (χ0v) is 13.0. The van der Waals surface area contributed by atoms with Crippen molar-refractivity contribution in [1.82, 2.24) is 9.80 Å². The number of hydrogen-bond donors (Lipinski definition) is 0. The van der Waals surface area contributed by atoms with E-state index in [-0.39, 0.29) is 11.9 Å². The van der Waals surface area contributed by atoms with Gasteiger partial charge in [-0.05, 0) is 24.3 Å². The van der Waals surface area contributed by atoms with Crippen LogP contribution in [-0.4, -0.2) is 55.0 Å². The van der Waals surface area contributed by atoms with Gasteiger partial charge in [-0.15, -0.1) is 0 Å². The molecule has 0 atom stereocenters. The van der Waals surface area contributed by atoms with Gasteiger partial charge < -0.3 is 14.2 Å². The highest BCUT2D eigenvalue weighted by atomic mass is 16.3. The lowest BCUT2D eigenvalue weighted by molar-refractivity contribution is 0.0638. The van der Waals surface area contributed by atoms with Crippen LogP contribution in [0.3, 0.4) is 0 Å². The van der Waals surface area contributed by atoms with E-state index < -0.39 is 0 Å². The lowest BCUT2D eigenvalue weighted by atomic mass is 10.2. The second-order valence-electron chi connectivity index (χ2n) is 5.43. The largest absolute Gasteiger partial charge is 0.459 e. The molecule has 1 aromatic carbocycles. The summed E-state index contributed by atoms with van der Waals surface area (Å²) >= 11 is 0. The predicted molar refractivity (Wildman–Crippen MR) is 86.4 cm³/mol. The smallest absolute Gasteiger partial charge is 0.324 e. The third kappa shape index (κ3) is 3.21. The molecule has 1 aliphatic heterocycles. The summed E-state index contributed by atoms with van der Waals surface area (Å²) in [5.41, 5.74) is 0.853. The van der Waals surface area contributed by atoms with Gasteiger partial charge in [0.2, 0.25) is 0 Å². The van der Waals surface area contributed by atoms with Gasteiger partial charge in [-0.2, -0.15) is 0 Å². The van der Waals surface area contributed by atoms with Crippen molar-refractivity contribution in [3.05, 3.63) is 54.5 Å². The van der Waals surface area contributed by atoms with E-state index in [0.29, 0.717) is 31.9 Å². The van der Waals surface area contributed by atoms with E-state index in [1.165, 1.54) is 6.26 Å². The van der Waals surface area contributed by atoms with E-state index in [1.807, 2.05) is 30.3 Å². The van der Waals surface area contributed by atoms with Crippen LogP contribution >= 0.6 is 0 Å². The summed E-state index contributed by atoms with van der Waals surface area (Å²) in [7, 11) is 1.76. The molecule has 2 heterocycles. The van der Waals surface area contributed by atoms with Crippen molar-refractivity contribution in [2.24, 2.45) is 0 Å². The molecule has 6 heteroatoms. The van der Waals surface area contributed by atoms with Crippen molar-refractivity contribution in [2.45, 2.75) is 0 Å². The van der Waals surface area contributed by atoms with Crippen molar-refractivity contribution in [1.29, 1.82) is 0 Å². The molecule has 0 spiro atoms. The van der Waals surface area contributed by atoms with E-state index in [0.717, 1.165) is 5.69 Å². The van der Waals surface area contributed by atoms with Gasteiger partial charge in [0.15, 0.2) is 5.76 Å². The minimum absolute atomic E-state index is 0.0544. The van der Waals surface area contributed by atoms with E-state index in [4.69, 9.17) is 4.42 Å². The molecule has 1 fully saturated rings. The number of amides is 3. The van der Waals surface area contributed by atoms with Gasteiger partial charge in [0.05, 0.1) is 6.26 Å². The third-order valence-electron chi connectivity index (χ3n) is 4.00. The quantitative estimate of drug-likeness (QED) is 0.855. The third-order valence-corrected chi connectivity index (χ3v) is 4.00. The van der Waals surface area contributed by atoms with E-state index in [9.17, 15) is 9.59 Å². The molecule has 1 aliphatic rings. The van der Waals surface area contributed by atoms with Crippen molar-refractivity contribution in [3.8, 4) is 0 Å². The van der Waals surface area contributed by atoms with Crippen LogP contribution < -0.4 is 4.90 Å². The fourth-order valence-electron chi connectivity index (χ4n) is 2.63. The Morgan fingerprint density at radius 3 is 2.22 bits per heavy atom. The maximum Gasteiger partial charge on any atom is 0.324 e. The average Bonchev–Trinajstić information content (AvgIpc) is 3.15. The molecule has 1 saturated heterocycles. The Morgan fingerprint density at radius 2 is 1.61 bits per heavy atom. The maximum absolute atomic E-state index is 12.5. The highest BCUT2D eigenvalue weighted by Gasteiger charge is 2.27. The van der Waals surface area contributed by atoms with Crippen molar-refractivity contribution >= 4 is 17.6 Å². The molecule has 0 unspecified atom stereocenters. The molecule has 3 rings (SSSR count). The second kappa shape index (κ2) is 6.56. The van der Waals surface area contributed by atoms with Crippen LogP contribution in [-0.2, 0) is 0 Å². The number of carbonyl (C=O) groups is 2. The fourth-order valence-corrected chi connectivity index (χ4v) is 2.63. The lowest BCUT2D eigenvalue weighted by Crippen LogP contribution is -2.53. The number of piperazine rings is 1. The Morgan fingerprint density at radius 1 is 0.957 bits per heavy atom. The Balaban J connectivity index is 1.58. The Bertz CT molecular complexity index is 662. The van der Waals surface area contributed by atoms with Crippen LogP contribution in [0.15, 0.2) is 53.1 Å². The number of rotatable bonds is 2. The zero-order valence-electron chi connectivity index (χ0n) is 13.0. The first kappa shape index (κ1) is 15.1. The van der Waals surface area contributed by atoms with Gasteiger partial charge in [-0.3, -0.25) is 9.69 Å². The SMILES string of the molecule is CN(C(=O)N1CCN(C(=O)c2ccco2)CC1)c1ccccc1. The average molecular weight is 313 g/mol. The minimum atomic E-state index is -0.126. The lowest BCUT2D eigenvalue weighted by Gasteiger charge is -2.36. The molecule has 0 radical (unpaired) electrons. The van der Waals surface area contributed by atoms with Gasteiger partial charge >= 0.3 is 6.03 Å². The van der Waals surface area contributed by atoms with Crippen LogP contribution in [0.5, 0.6) is 0 Å². The highest BCUT2D eigenvalue weighted by molar-refractivity contribution is 5.93. The van der Waals surface area contributed by atoms with Gasteiger partial charge in [0, 0.05) is 38.9 Å². The summed E-state index contributed by atoms with van der Waals surface area (Å²) in [4.78, 5) is 29.8. The highest BCUT2D eigenvalue weighted by Crippen LogP contribution is 2.15. The van der Waals surface area contributed by atoms with Crippen LogP contribution in [0.4, 0.5) is 10.5 Å². The summed E-state index contributed by atoms with van der Waals surface area (Å²) < 4.78 is 5.14. The summed E-state index contributed by atoms with van der Waals surface area (Å²) in [6, 6.07) is 12.8. The molecule has 3 amide bonds. The molecular weight excluding hydrogens is 294 g/mol. The molecule has 0 bridgehead atoms. The van der Waals surface area contributed by atoms with Gasteiger partial charge in [-0.1, -0.05) is 18.2 Å². The van der Waals surface area contributed by atoms with Crippen molar-refractivity contribution in [2.75, 3.05) is 38.1 Å². The van der Waals surface area contributed by atoms with Crippen molar-refractivity contribution in [3.63, 3.8) is 0 Å². The number of carbonyl (C=O) groups excluding carboxylic acids is 2. The van der Waals surface area contributed by atoms with E-state index >= 15 is 0 Å². The normalized spacial score (nSPS) is 14.7. The first-order valence-corrected chi connectivity index (χ1v) is 7.57. The molecule has 6 nitrogen and oxygen atoms in total. The predicted octanol–water partition coefficient (Wildman–Crippen LogP) is 2.29. The molecular formula is C17H19N3O3. The fraction of sp³-hybridized carbons (Fsp3) is 0.294. The molecule has 0 N–H and O–H groups in total. The van der Waals surface area contributed by atoms with E-state index in [1.54, 1.807) is 33.9 Å². The molecule has 1 aromatic heterocycles. The first-order chi connectivity index (χ1) is 11.2. The van der Waals surface area contributed by atoms with Crippen LogP contribution in [0.1, 0.15) is 10.6 Å². The number of nitrogens with zero attached hydrogens (tertiary/aromatic N) is 3. The Kier molecular flexibility index (Phi) is 4.32. The number of urea groups is 1.